The number of amides is 2. The predicted molar refractivity (Wildman–Crippen MR) is 139 cm³/mol. The zero-order valence-corrected chi connectivity index (χ0v) is 20.6. The Labute approximate surface area is 220 Å². The third-order valence-electron chi connectivity index (χ3n) is 5.03. The average molecular weight is 520 g/mol. The SMILES string of the molecule is O=C(NC(=NCC[C@H](O)C(=O)OCc1ccccc1)NC(=O)OCc1ccccc1)OCc1ccccc1. The van der Waals surface area contributed by atoms with Gasteiger partial charge in [-0.25, -0.2) is 14.4 Å². The van der Waals surface area contributed by atoms with E-state index in [1.54, 1.807) is 36.4 Å². The van der Waals surface area contributed by atoms with E-state index in [0.717, 1.165) is 16.7 Å². The summed E-state index contributed by atoms with van der Waals surface area (Å²) in [6.07, 6.45) is -3.28. The van der Waals surface area contributed by atoms with Gasteiger partial charge in [0.15, 0.2) is 6.10 Å². The fourth-order valence-electron chi connectivity index (χ4n) is 3.06. The number of nitrogens with zero attached hydrogens (tertiary/aromatic N) is 1. The number of aliphatic hydroxyl groups is 1. The molecule has 0 spiro atoms. The summed E-state index contributed by atoms with van der Waals surface area (Å²) in [5, 5.41) is 14.8. The second-order valence-corrected chi connectivity index (χ2v) is 8.00. The van der Waals surface area contributed by atoms with E-state index < -0.39 is 24.3 Å². The molecular weight excluding hydrogens is 490 g/mol. The van der Waals surface area contributed by atoms with Crippen molar-refractivity contribution in [2.45, 2.75) is 32.3 Å². The number of esters is 1. The van der Waals surface area contributed by atoms with E-state index in [2.05, 4.69) is 15.6 Å². The summed E-state index contributed by atoms with van der Waals surface area (Å²) in [5.41, 5.74) is 2.33. The minimum Gasteiger partial charge on any atom is -0.459 e. The van der Waals surface area contributed by atoms with Crippen LogP contribution in [0.5, 0.6) is 0 Å². The van der Waals surface area contributed by atoms with Gasteiger partial charge in [0.25, 0.3) is 0 Å². The van der Waals surface area contributed by atoms with Crippen LogP contribution in [-0.2, 0) is 38.8 Å². The third-order valence-corrected chi connectivity index (χ3v) is 5.03. The van der Waals surface area contributed by atoms with Crippen LogP contribution in [0.1, 0.15) is 23.1 Å². The predicted octanol–water partition coefficient (Wildman–Crippen LogP) is 3.69. The summed E-state index contributed by atoms with van der Waals surface area (Å²) >= 11 is 0. The number of hydrogen-bond acceptors (Lipinski definition) is 8. The average Bonchev–Trinajstić information content (AvgIpc) is 2.95. The van der Waals surface area contributed by atoms with E-state index in [0.29, 0.717) is 0 Å². The lowest BCUT2D eigenvalue weighted by Gasteiger charge is -2.13. The molecule has 0 heterocycles. The normalized spacial score (nSPS) is 11.0. The van der Waals surface area contributed by atoms with Crippen molar-refractivity contribution in [3.05, 3.63) is 108 Å². The molecule has 10 heteroatoms. The van der Waals surface area contributed by atoms with Crippen LogP contribution in [0.3, 0.4) is 0 Å². The maximum Gasteiger partial charge on any atom is 0.414 e. The molecule has 0 aliphatic carbocycles. The highest BCUT2D eigenvalue weighted by Gasteiger charge is 2.17. The van der Waals surface area contributed by atoms with Crippen molar-refractivity contribution >= 4 is 24.1 Å². The van der Waals surface area contributed by atoms with Crippen LogP contribution in [0.2, 0.25) is 0 Å². The van der Waals surface area contributed by atoms with Crippen LogP contribution in [0.25, 0.3) is 0 Å². The molecule has 3 aromatic rings. The van der Waals surface area contributed by atoms with Crippen LogP contribution < -0.4 is 10.6 Å². The number of guanidine groups is 1. The van der Waals surface area contributed by atoms with E-state index in [1.165, 1.54) is 0 Å². The highest BCUT2D eigenvalue weighted by Crippen LogP contribution is 2.05. The lowest BCUT2D eigenvalue weighted by atomic mass is 10.2. The summed E-state index contributed by atoms with van der Waals surface area (Å²) < 4.78 is 15.4. The van der Waals surface area contributed by atoms with Gasteiger partial charge in [-0.3, -0.25) is 15.6 Å². The van der Waals surface area contributed by atoms with Crippen LogP contribution in [0.4, 0.5) is 9.59 Å². The molecule has 0 aliphatic rings. The Morgan fingerprint density at radius 1 is 0.658 bits per heavy atom. The van der Waals surface area contributed by atoms with Gasteiger partial charge in [0, 0.05) is 13.0 Å². The minimum atomic E-state index is -1.45. The maximum absolute atomic E-state index is 12.3. The van der Waals surface area contributed by atoms with Crippen molar-refractivity contribution in [1.82, 2.24) is 10.6 Å². The Morgan fingerprint density at radius 3 is 1.47 bits per heavy atom. The van der Waals surface area contributed by atoms with E-state index in [-0.39, 0.29) is 38.7 Å². The Balaban J connectivity index is 1.52. The first-order chi connectivity index (χ1) is 18.5. The zero-order valence-electron chi connectivity index (χ0n) is 20.6. The number of aliphatic hydroxyl groups excluding tert-OH is 1. The van der Waals surface area contributed by atoms with Crippen molar-refractivity contribution in [2.75, 3.05) is 6.54 Å². The Bertz CT molecular complexity index is 1130. The summed E-state index contributed by atoms with van der Waals surface area (Å²) in [6, 6.07) is 27.1. The summed E-state index contributed by atoms with van der Waals surface area (Å²) in [5.74, 6) is -1.07. The number of hydrogen-bond donors (Lipinski definition) is 3. The monoisotopic (exact) mass is 519 g/mol. The van der Waals surface area contributed by atoms with Gasteiger partial charge < -0.3 is 19.3 Å². The van der Waals surface area contributed by atoms with Gasteiger partial charge in [-0.2, -0.15) is 0 Å². The second-order valence-electron chi connectivity index (χ2n) is 8.00. The number of carbonyl (C=O) groups is 3. The van der Waals surface area contributed by atoms with Gasteiger partial charge in [-0.05, 0) is 16.7 Å². The first-order valence-corrected chi connectivity index (χ1v) is 11.9. The van der Waals surface area contributed by atoms with Crippen molar-refractivity contribution < 1.29 is 33.7 Å². The summed E-state index contributed by atoms with van der Waals surface area (Å²) in [4.78, 5) is 40.7. The van der Waals surface area contributed by atoms with E-state index in [9.17, 15) is 19.5 Å². The molecule has 3 N–H and O–H groups in total. The number of alkyl carbamates (subject to hydrolysis) is 2. The highest BCUT2D eigenvalue weighted by molar-refractivity contribution is 6.01. The van der Waals surface area contributed by atoms with Crippen molar-refractivity contribution in [3.63, 3.8) is 0 Å². The molecule has 0 saturated heterocycles. The first-order valence-electron chi connectivity index (χ1n) is 11.9. The van der Waals surface area contributed by atoms with E-state index in [1.807, 2.05) is 54.6 Å². The number of aliphatic imine (C=N–C) groups is 1. The van der Waals surface area contributed by atoms with Gasteiger partial charge in [0.1, 0.15) is 19.8 Å². The molecular formula is C28H29N3O7. The van der Waals surface area contributed by atoms with Crippen molar-refractivity contribution in [1.29, 1.82) is 0 Å². The molecule has 2 amide bonds. The molecule has 10 nitrogen and oxygen atoms in total. The molecule has 0 radical (unpaired) electrons. The van der Waals surface area contributed by atoms with Gasteiger partial charge in [0.05, 0.1) is 0 Å². The molecule has 198 valence electrons. The molecule has 0 aliphatic heterocycles. The molecule has 1 atom stereocenters. The fourth-order valence-corrected chi connectivity index (χ4v) is 3.06. The molecule has 3 aromatic carbocycles. The quantitative estimate of drug-likeness (QED) is 0.161. The lowest BCUT2D eigenvalue weighted by Crippen LogP contribution is -2.44. The fraction of sp³-hybridized carbons (Fsp3) is 0.214. The lowest BCUT2D eigenvalue weighted by molar-refractivity contribution is -0.155. The molecule has 38 heavy (non-hydrogen) atoms. The van der Waals surface area contributed by atoms with Gasteiger partial charge in [0.2, 0.25) is 5.96 Å². The van der Waals surface area contributed by atoms with Gasteiger partial charge in [-0.15, -0.1) is 0 Å². The number of benzene rings is 3. The van der Waals surface area contributed by atoms with E-state index >= 15 is 0 Å². The Morgan fingerprint density at radius 2 is 1.05 bits per heavy atom. The Kier molecular flexibility index (Phi) is 11.3. The molecule has 0 fully saturated rings. The van der Waals surface area contributed by atoms with Crippen LogP contribution in [0.15, 0.2) is 96.0 Å². The van der Waals surface area contributed by atoms with Crippen LogP contribution >= 0.6 is 0 Å². The number of carbonyl (C=O) groups excluding carboxylic acids is 3. The standard InChI is InChI=1S/C28H29N3O7/c32-24(25(33)36-18-21-10-4-1-5-11-21)16-17-29-26(30-27(34)37-19-22-12-6-2-7-13-22)31-28(35)38-20-23-14-8-3-9-15-23/h1-15,24,32H,16-20H2,(H2,29,30,31,34,35)/t24-/m0/s1. The molecule has 3 rings (SSSR count). The minimum absolute atomic E-state index is 0.00434. The number of nitrogens with one attached hydrogen (secondary N) is 2. The van der Waals surface area contributed by atoms with Crippen molar-refractivity contribution in [2.24, 2.45) is 4.99 Å². The summed E-state index contributed by atoms with van der Waals surface area (Å²) in [7, 11) is 0. The van der Waals surface area contributed by atoms with Crippen LogP contribution in [0, 0.1) is 0 Å². The van der Waals surface area contributed by atoms with Gasteiger partial charge in [-0.1, -0.05) is 91.0 Å². The third kappa shape index (κ3) is 10.5. The smallest absolute Gasteiger partial charge is 0.414 e. The van der Waals surface area contributed by atoms with Crippen LogP contribution in [-0.4, -0.2) is 41.9 Å². The summed E-state index contributed by atoms with van der Waals surface area (Å²) in [6.45, 7) is -0.0848. The van der Waals surface area contributed by atoms with E-state index in [4.69, 9.17) is 14.2 Å². The molecule has 0 aromatic heterocycles. The second kappa shape index (κ2) is 15.4. The topological polar surface area (TPSA) is 136 Å². The highest BCUT2D eigenvalue weighted by atomic mass is 16.6. The largest absolute Gasteiger partial charge is 0.459 e. The number of ether oxygens (including phenoxy) is 3. The zero-order chi connectivity index (χ0) is 27.0. The first kappa shape index (κ1) is 27.9. The van der Waals surface area contributed by atoms with Gasteiger partial charge >= 0.3 is 18.2 Å². The molecule has 0 bridgehead atoms. The Hall–Kier alpha value is -4.70. The number of rotatable bonds is 10. The molecule has 0 unspecified atom stereocenters. The van der Waals surface area contributed by atoms with Crippen molar-refractivity contribution in [3.8, 4) is 0 Å². The molecule has 0 saturated carbocycles. The maximum atomic E-state index is 12.3.